The predicted molar refractivity (Wildman–Crippen MR) is 82.6 cm³/mol. The van der Waals surface area contributed by atoms with E-state index in [4.69, 9.17) is 0 Å². The molecule has 2 atom stereocenters. The fourth-order valence-electron chi connectivity index (χ4n) is 3.01. The van der Waals surface area contributed by atoms with Crippen LogP contribution in [0.3, 0.4) is 0 Å². The number of hydrogen-bond acceptors (Lipinski definition) is 2. The largest absolute Gasteiger partial charge is 0.303 e. The number of hydrogen-bond donors (Lipinski definition) is 0. The van der Waals surface area contributed by atoms with Crippen LogP contribution in [0.5, 0.6) is 0 Å². The summed E-state index contributed by atoms with van der Waals surface area (Å²) < 4.78 is 0. The third kappa shape index (κ3) is 2.85. The molecule has 1 aromatic rings. The second kappa shape index (κ2) is 5.64. The van der Waals surface area contributed by atoms with Crippen LogP contribution in [-0.2, 0) is 5.54 Å². The summed E-state index contributed by atoms with van der Waals surface area (Å²) in [6.45, 7) is 10.3. The summed E-state index contributed by atoms with van der Waals surface area (Å²) >= 11 is 0. The first-order chi connectivity index (χ1) is 8.97. The molecule has 2 rings (SSSR count). The molecule has 0 radical (unpaired) electrons. The van der Waals surface area contributed by atoms with E-state index in [0.717, 1.165) is 19.6 Å². The van der Waals surface area contributed by atoms with E-state index >= 15 is 0 Å². The standard InChI is InChI=1S/C17H28N2/c1-6-14(2)15-7-9-16(10-8-15)17(3)13-18(4)11-12-19(17)5/h7-10,14H,6,11-13H2,1-5H3. The smallest absolute Gasteiger partial charge is 0.0557 e. The molecular formula is C17H28N2. The summed E-state index contributed by atoms with van der Waals surface area (Å²) in [6, 6.07) is 9.29. The van der Waals surface area contributed by atoms with Crippen LogP contribution in [0, 0.1) is 0 Å². The molecule has 0 aliphatic carbocycles. The van der Waals surface area contributed by atoms with Crippen molar-refractivity contribution >= 4 is 0 Å². The van der Waals surface area contributed by atoms with Crippen molar-refractivity contribution in [3.05, 3.63) is 35.4 Å². The van der Waals surface area contributed by atoms with Crippen molar-refractivity contribution in [2.45, 2.75) is 38.6 Å². The topological polar surface area (TPSA) is 6.48 Å². The minimum absolute atomic E-state index is 0.140. The quantitative estimate of drug-likeness (QED) is 0.823. The molecule has 0 spiro atoms. The second-order valence-electron chi connectivity index (χ2n) is 6.36. The zero-order valence-electron chi connectivity index (χ0n) is 13.1. The fraction of sp³-hybridized carbons (Fsp3) is 0.647. The lowest BCUT2D eigenvalue weighted by atomic mass is 9.86. The van der Waals surface area contributed by atoms with E-state index in [1.807, 2.05) is 0 Å². The highest BCUT2D eigenvalue weighted by atomic mass is 15.3. The minimum Gasteiger partial charge on any atom is -0.303 e. The first-order valence-electron chi connectivity index (χ1n) is 7.47. The zero-order chi connectivity index (χ0) is 14.0. The molecule has 0 saturated carbocycles. The minimum atomic E-state index is 0.140. The number of nitrogens with zero attached hydrogens (tertiary/aromatic N) is 2. The Morgan fingerprint density at radius 3 is 2.37 bits per heavy atom. The highest BCUT2D eigenvalue weighted by Crippen LogP contribution is 2.31. The molecule has 1 aromatic carbocycles. The maximum absolute atomic E-state index is 2.49. The van der Waals surface area contributed by atoms with Gasteiger partial charge in [0.15, 0.2) is 0 Å². The number of rotatable bonds is 3. The van der Waals surface area contributed by atoms with Gasteiger partial charge in [-0.1, -0.05) is 38.1 Å². The van der Waals surface area contributed by atoms with Crippen molar-refractivity contribution in [1.82, 2.24) is 9.80 Å². The fourth-order valence-corrected chi connectivity index (χ4v) is 3.01. The van der Waals surface area contributed by atoms with E-state index in [-0.39, 0.29) is 5.54 Å². The van der Waals surface area contributed by atoms with Crippen LogP contribution in [0.4, 0.5) is 0 Å². The van der Waals surface area contributed by atoms with E-state index in [1.54, 1.807) is 0 Å². The van der Waals surface area contributed by atoms with E-state index in [2.05, 4.69) is 68.9 Å². The van der Waals surface area contributed by atoms with Crippen LogP contribution in [-0.4, -0.2) is 43.5 Å². The second-order valence-corrected chi connectivity index (χ2v) is 6.36. The summed E-state index contributed by atoms with van der Waals surface area (Å²) in [7, 11) is 4.47. The lowest BCUT2D eigenvalue weighted by Gasteiger charge is -2.46. The molecule has 2 nitrogen and oxygen atoms in total. The SMILES string of the molecule is CCC(C)c1ccc(C2(C)CN(C)CCN2C)cc1. The van der Waals surface area contributed by atoms with Crippen molar-refractivity contribution in [1.29, 1.82) is 0 Å². The molecule has 1 fully saturated rings. The third-order valence-corrected chi connectivity index (χ3v) is 4.95. The molecule has 0 amide bonds. The van der Waals surface area contributed by atoms with Gasteiger partial charge in [0, 0.05) is 19.6 Å². The zero-order valence-corrected chi connectivity index (χ0v) is 13.1. The van der Waals surface area contributed by atoms with Crippen LogP contribution >= 0.6 is 0 Å². The number of likely N-dealkylation sites (N-methyl/N-ethyl adjacent to an activating group) is 2. The Hall–Kier alpha value is -0.860. The molecule has 19 heavy (non-hydrogen) atoms. The molecule has 0 aromatic heterocycles. The van der Waals surface area contributed by atoms with Gasteiger partial charge in [-0.05, 0) is 44.5 Å². The Balaban J connectivity index is 2.25. The Kier molecular flexibility index (Phi) is 4.32. The van der Waals surface area contributed by atoms with Gasteiger partial charge in [-0.2, -0.15) is 0 Å². The maximum Gasteiger partial charge on any atom is 0.0557 e. The summed E-state index contributed by atoms with van der Waals surface area (Å²) in [5.74, 6) is 0.661. The average Bonchev–Trinajstić information content (AvgIpc) is 2.42. The van der Waals surface area contributed by atoms with Crippen LogP contribution < -0.4 is 0 Å². The summed E-state index contributed by atoms with van der Waals surface area (Å²) in [4.78, 5) is 4.92. The predicted octanol–water partition coefficient (Wildman–Crippen LogP) is 3.29. The van der Waals surface area contributed by atoms with Crippen LogP contribution in [0.15, 0.2) is 24.3 Å². The molecule has 2 heteroatoms. The van der Waals surface area contributed by atoms with Crippen LogP contribution in [0.2, 0.25) is 0 Å². The molecule has 1 aliphatic heterocycles. The van der Waals surface area contributed by atoms with E-state index in [9.17, 15) is 0 Å². The van der Waals surface area contributed by atoms with Crippen molar-refractivity contribution in [3.63, 3.8) is 0 Å². The van der Waals surface area contributed by atoms with Gasteiger partial charge < -0.3 is 4.90 Å². The summed E-state index contributed by atoms with van der Waals surface area (Å²) in [5, 5.41) is 0. The third-order valence-electron chi connectivity index (χ3n) is 4.95. The molecule has 2 unspecified atom stereocenters. The molecule has 0 N–H and O–H groups in total. The van der Waals surface area contributed by atoms with E-state index in [0.29, 0.717) is 5.92 Å². The first kappa shape index (κ1) is 14.5. The Morgan fingerprint density at radius 2 is 1.79 bits per heavy atom. The molecule has 1 aliphatic rings. The van der Waals surface area contributed by atoms with Gasteiger partial charge in [-0.25, -0.2) is 0 Å². The number of piperazine rings is 1. The Morgan fingerprint density at radius 1 is 1.16 bits per heavy atom. The van der Waals surface area contributed by atoms with Gasteiger partial charge in [0.05, 0.1) is 5.54 Å². The van der Waals surface area contributed by atoms with Gasteiger partial charge in [0.2, 0.25) is 0 Å². The van der Waals surface area contributed by atoms with Gasteiger partial charge in [-0.3, -0.25) is 4.90 Å². The molecule has 1 heterocycles. The highest BCUT2D eigenvalue weighted by molar-refractivity contribution is 5.30. The normalized spacial score (nSPS) is 27.4. The Bertz CT molecular complexity index is 412. The van der Waals surface area contributed by atoms with Gasteiger partial charge in [0.1, 0.15) is 0 Å². The molecule has 0 bridgehead atoms. The lowest BCUT2D eigenvalue weighted by molar-refractivity contribution is 0.0379. The van der Waals surface area contributed by atoms with E-state index < -0.39 is 0 Å². The number of benzene rings is 1. The Labute approximate surface area is 118 Å². The monoisotopic (exact) mass is 260 g/mol. The van der Waals surface area contributed by atoms with Crippen LogP contribution in [0.25, 0.3) is 0 Å². The molecule has 106 valence electrons. The summed E-state index contributed by atoms with van der Waals surface area (Å²) in [5.41, 5.74) is 3.04. The van der Waals surface area contributed by atoms with Crippen LogP contribution in [0.1, 0.15) is 44.2 Å². The lowest BCUT2D eigenvalue weighted by Crippen LogP contribution is -2.56. The van der Waals surface area contributed by atoms with Crippen molar-refractivity contribution in [3.8, 4) is 0 Å². The van der Waals surface area contributed by atoms with Crippen molar-refractivity contribution in [2.75, 3.05) is 33.7 Å². The molecule has 1 saturated heterocycles. The van der Waals surface area contributed by atoms with Gasteiger partial charge >= 0.3 is 0 Å². The highest BCUT2D eigenvalue weighted by Gasteiger charge is 2.35. The molecular weight excluding hydrogens is 232 g/mol. The average molecular weight is 260 g/mol. The van der Waals surface area contributed by atoms with Crippen molar-refractivity contribution in [2.24, 2.45) is 0 Å². The van der Waals surface area contributed by atoms with Crippen molar-refractivity contribution < 1.29 is 0 Å². The maximum atomic E-state index is 2.49. The summed E-state index contributed by atoms with van der Waals surface area (Å²) in [6.07, 6.45) is 1.21. The van der Waals surface area contributed by atoms with Gasteiger partial charge in [0.25, 0.3) is 0 Å². The van der Waals surface area contributed by atoms with E-state index in [1.165, 1.54) is 17.5 Å². The first-order valence-corrected chi connectivity index (χ1v) is 7.47. The van der Waals surface area contributed by atoms with Gasteiger partial charge in [-0.15, -0.1) is 0 Å².